The Bertz CT molecular complexity index is 456. The number of rotatable bonds is 14. The molecule has 0 heterocycles. The van der Waals surface area contributed by atoms with Crippen LogP contribution in [0.15, 0.2) is 24.3 Å². The number of benzene rings is 1. The van der Waals surface area contributed by atoms with Crippen molar-refractivity contribution in [3.63, 3.8) is 0 Å². The van der Waals surface area contributed by atoms with Crippen LogP contribution in [-0.2, 0) is 6.42 Å². The standard InChI is InChI=1S/C22H38N2O/c1-4-5-6-7-8-9-10-11-12-20-13-15-21(16-14-20)22(25)24-19(2)17-18-23-3/h13-16,19,23H,4-12,17-18H2,1-3H3,(H,24,25)/t19-/m1/s1. The number of hydrogen-bond donors (Lipinski definition) is 2. The molecule has 0 radical (unpaired) electrons. The lowest BCUT2D eigenvalue weighted by Gasteiger charge is -2.13. The SMILES string of the molecule is CCCCCCCCCCc1ccc(C(=O)N[C@H](C)CCNC)cc1. The maximum Gasteiger partial charge on any atom is 0.251 e. The van der Waals surface area contributed by atoms with Gasteiger partial charge in [0.05, 0.1) is 0 Å². The Morgan fingerprint density at radius 1 is 0.960 bits per heavy atom. The minimum atomic E-state index is 0.0298. The van der Waals surface area contributed by atoms with Crippen LogP contribution in [-0.4, -0.2) is 25.5 Å². The summed E-state index contributed by atoms with van der Waals surface area (Å²) in [6, 6.07) is 8.32. The van der Waals surface area contributed by atoms with E-state index in [-0.39, 0.29) is 11.9 Å². The summed E-state index contributed by atoms with van der Waals surface area (Å²) in [5.74, 6) is 0.0298. The first kappa shape index (κ1) is 21.7. The van der Waals surface area contributed by atoms with E-state index in [9.17, 15) is 4.79 Å². The van der Waals surface area contributed by atoms with E-state index in [1.165, 1.54) is 56.9 Å². The molecule has 1 rings (SSSR count). The van der Waals surface area contributed by atoms with E-state index in [0.717, 1.165) is 24.9 Å². The minimum Gasteiger partial charge on any atom is -0.350 e. The molecule has 0 aliphatic rings. The molecule has 3 heteroatoms. The number of carbonyl (C=O) groups is 1. The van der Waals surface area contributed by atoms with Crippen molar-refractivity contribution in [2.24, 2.45) is 0 Å². The van der Waals surface area contributed by atoms with E-state index in [4.69, 9.17) is 0 Å². The number of unbranched alkanes of at least 4 members (excludes halogenated alkanes) is 7. The van der Waals surface area contributed by atoms with Crippen LogP contribution in [0.5, 0.6) is 0 Å². The average Bonchev–Trinajstić information content (AvgIpc) is 2.62. The quantitative estimate of drug-likeness (QED) is 0.460. The van der Waals surface area contributed by atoms with Crippen molar-refractivity contribution in [2.45, 2.75) is 84.1 Å². The zero-order valence-corrected chi connectivity index (χ0v) is 16.6. The largest absolute Gasteiger partial charge is 0.350 e. The third kappa shape index (κ3) is 10.3. The fourth-order valence-electron chi connectivity index (χ4n) is 3.03. The number of aryl methyl sites for hydroxylation is 1. The van der Waals surface area contributed by atoms with Gasteiger partial charge in [-0.3, -0.25) is 4.79 Å². The molecule has 3 nitrogen and oxygen atoms in total. The molecule has 142 valence electrons. The van der Waals surface area contributed by atoms with Crippen molar-refractivity contribution in [1.29, 1.82) is 0 Å². The fraction of sp³-hybridized carbons (Fsp3) is 0.682. The lowest BCUT2D eigenvalue weighted by molar-refractivity contribution is 0.0938. The summed E-state index contributed by atoms with van der Waals surface area (Å²) >= 11 is 0. The second-order valence-corrected chi connectivity index (χ2v) is 7.19. The normalized spacial score (nSPS) is 12.1. The van der Waals surface area contributed by atoms with Crippen LogP contribution in [0.25, 0.3) is 0 Å². The molecule has 0 spiro atoms. The Balaban J connectivity index is 2.21. The van der Waals surface area contributed by atoms with E-state index >= 15 is 0 Å². The van der Waals surface area contributed by atoms with Gasteiger partial charge >= 0.3 is 0 Å². The van der Waals surface area contributed by atoms with Gasteiger partial charge in [-0.2, -0.15) is 0 Å². The molecule has 0 aliphatic heterocycles. The number of hydrogen-bond acceptors (Lipinski definition) is 2. The van der Waals surface area contributed by atoms with Crippen LogP contribution in [0.4, 0.5) is 0 Å². The first-order chi connectivity index (χ1) is 12.2. The summed E-state index contributed by atoms with van der Waals surface area (Å²) in [5.41, 5.74) is 2.10. The van der Waals surface area contributed by atoms with Gasteiger partial charge in [0, 0.05) is 11.6 Å². The fourth-order valence-corrected chi connectivity index (χ4v) is 3.03. The van der Waals surface area contributed by atoms with E-state index in [2.05, 4.69) is 29.7 Å². The summed E-state index contributed by atoms with van der Waals surface area (Å²) in [5, 5.41) is 6.16. The monoisotopic (exact) mass is 346 g/mol. The molecular weight excluding hydrogens is 308 g/mol. The van der Waals surface area contributed by atoms with Crippen LogP contribution >= 0.6 is 0 Å². The molecular formula is C22H38N2O. The summed E-state index contributed by atoms with van der Waals surface area (Å²) in [6.45, 7) is 5.23. The van der Waals surface area contributed by atoms with E-state index in [0.29, 0.717) is 0 Å². The molecule has 25 heavy (non-hydrogen) atoms. The molecule has 0 aliphatic carbocycles. The molecule has 1 amide bonds. The molecule has 0 unspecified atom stereocenters. The summed E-state index contributed by atoms with van der Waals surface area (Å²) < 4.78 is 0. The molecule has 0 saturated carbocycles. The van der Waals surface area contributed by atoms with E-state index in [1.807, 2.05) is 26.1 Å². The van der Waals surface area contributed by atoms with Crippen LogP contribution in [0.2, 0.25) is 0 Å². The minimum absolute atomic E-state index is 0.0298. The van der Waals surface area contributed by atoms with Gasteiger partial charge < -0.3 is 10.6 Å². The molecule has 0 bridgehead atoms. The molecule has 1 aromatic rings. The molecule has 1 aromatic carbocycles. The topological polar surface area (TPSA) is 41.1 Å². The first-order valence-corrected chi connectivity index (χ1v) is 10.2. The molecule has 2 N–H and O–H groups in total. The van der Waals surface area contributed by atoms with Crippen LogP contribution < -0.4 is 10.6 Å². The average molecular weight is 347 g/mol. The summed E-state index contributed by atoms with van der Waals surface area (Å²) in [4.78, 5) is 12.2. The van der Waals surface area contributed by atoms with Crippen molar-refractivity contribution in [2.75, 3.05) is 13.6 Å². The van der Waals surface area contributed by atoms with Gasteiger partial charge in [-0.15, -0.1) is 0 Å². The molecule has 0 aromatic heterocycles. The van der Waals surface area contributed by atoms with Crippen LogP contribution in [0, 0.1) is 0 Å². The summed E-state index contributed by atoms with van der Waals surface area (Å²) in [7, 11) is 1.93. The maximum absolute atomic E-state index is 12.2. The Kier molecular flexibility index (Phi) is 12.0. The molecule has 0 saturated heterocycles. The Morgan fingerprint density at radius 3 is 2.16 bits per heavy atom. The third-order valence-corrected chi connectivity index (χ3v) is 4.74. The zero-order chi connectivity index (χ0) is 18.3. The second kappa shape index (κ2) is 13.9. The number of amides is 1. The van der Waals surface area contributed by atoms with Crippen LogP contribution in [0.1, 0.15) is 87.6 Å². The van der Waals surface area contributed by atoms with Crippen LogP contribution in [0.3, 0.4) is 0 Å². The van der Waals surface area contributed by atoms with E-state index < -0.39 is 0 Å². The number of nitrogens with one attached hydrogen (secondary N) is 2. The second-order valence-electron chi connectivity index (χ2n) is 7.19. The van der Waals surface area contributed by atoms with Gasteiger partial charge in [0.1, 0.15) is 0 Å². The van der Waals surface area contributed by atoms with Gasteiger partial charge in [-0.05, 0) is 57.5 Å². The van der Waals surface area contributed by atoms with Crippen molar-refractivity contribution in [1.82, 2.24) is 10.6 Å². The van der Waals surface area contributed by atoms with E-state index in [1.54, 1.807) is 0 Å². The predicted octanol–water partition coefficient (Wildman–Crippen LogP) is 5.10. The van der Waals surface area contributed by atoms with Crippen molar-refractivity contribution in [3.8, 4) is 0 Å². The lowest BCUT2D eigenvalue weighted by Crippen LogP contribution is -2.34. The Hall–Kier alpha value is -1.35. The lowest BCUT2D eigenvalue weighted by atomic mass is 10.0. The Morgan fingerprint density at radius 2 is 1.56 bits per heavy atom. The maximum atomic E-state index is 12.2. The highest BCUT2D eigenvalue weighted by atomic mass is 16.1. The zero-order valence-electron chi connectivity index (χ0n) is 16.6. The highest BCUT2D eigenvalue weighted by molar-refractivity contribution is 5.94. The first-order valence-electron chi connectivity index (χ1n) is 10.2. The van der Waals surface area contributed by atoms with Gasteiger partial charge in [0.15, 0.2) is 0 Å². The Labute approximate surface area is 155 Å². The van der Waals surface area contributed by atoms with Gasteiger partial charge in [-0.25, -0.2) is 0 Å². The molecule has 0 fully saturated rings. The van der Waals surface area contributed by atoms with Crippen molar-refractivity contribution in [3.05, 3.63) is 35.4 Å². The van der Waals surface area contributed by atoms with Gasteiger partial charge in [0.25, 0.3) is 5.91 Å². The number of carbonyl (C=O) groups excluding carboxylic acids is 1. The van der Waals surface area contributed by atoms with Crippen molar-refractivity contribution >= 4 is 5.91 Å². The van der Waals surface area contributed by atoms with Gasteiger partial charge in [0.2, 0.25) is 0 Å². The third-order valence-electron chi connectivity index (χ3n) is 4.74. The smallest absolute Gasteiger partial charge is 0.251 e. The molecule has 1 atom stereocenters. The highest BCUT2D eigenvalue weighted by Crippen LogP contribution is 2.12. The summed E-state index contributed by atoms with van der Waals surface area (Å²) in [6.07, 6.45) is 12.9. The van der Waals surface area contributed by atoms with Gasteiger partial charge in [-0.1, -0.05) is 64.0 Å². The predicted molar refractivity (Wildman–Crippen MR) is 108 cm³/mol. The highest BCUT2D eigenvalue weighted by Gasteiger charge is 2.09. The van der Waals surface area contributed by atoms with Crippen molar-refractivity contribution < 1.29 is 4.79 Å².